The molecule has 0 unspecified atom stereocenters. The highest BCUT2D eigenvalue weighted by Gasteiger charge is 2.06. The largest absolute Gasteiger partial charge is 0.310 e. The molecule has 1 aromatic carbocycles. The van der Waals surface area contributed by atoms with Gasteiger partial charge in [-0.05, 0) is 46.6 Å². The van der Waals surface area contributed by atoms with E-state index in [9.17, 15) is 4.79 Å². The third-order valence-electron chi connectivity index (χ3n) is 2.75. The van der Waals surface area contributed by atoms with Crippen LogP contribution < -0.4 is 5.56 Å². The van der Waals surface area contributed by atoms with Crippen LogP contribution in [0, 0.1) is 18.3 Å². The predicted octanol–water partition coefficient (Wildman–Crippen LogP) is 3.49. The molecule has 0 aliphatic carbocycles. The van der Waals surface area contributed by atoms with E-state index in [1.54, 1.807) is 42.0 Å². The van der Waals surface area contributed by atoms with E-state index in [0.717, 1.165) is 10.0 Å². The molecule has 0 amide bonds. The molecule has 0 fully saturated rings. The summed E-state index contributed by atoms with van der Waals surface area (Å²) >= 11 is 9.48. The van der Waals surface area contributed by atoms with Crippen molar-refractivity contribution in [1.82, 2.24) is 4.57 Å². The minimum absolute atomic E-state index is 0.0522. The zero-order valence-corrected chi connectivity index (χ0v) is 12.5. The van der Waals surface area contributed by atoms with Gasteiger partial charge < -0.3 is 4.57 Å². The van der Waals surface area contributed by atoms with Crippen LogP contribution >= 0.6 is 27.5 Å². The topological polar surface area (TPSA) is 45.8 Å². The minimum atomic E-state index is -0.0522. The zero-order valence-electron chi connectivity index (χ0n) is 10.2. The van der Waals surface area contributed by atoms with Gasteiger partial charge in [0.05, 0.1) is 18.2 Å². The molecular weight excluding hydrogens is 328 g/mol. The van der Waals surface area contributed by atoms with Crippen LogP contribution in [-0.4, -0.2) is 4.57 Å². The summed E-state index contributed by atoms with van der Waals surface area (Å²) in [5.41, 5.74) is 1.93. The first kappa shape index (κ1) is 13.9. The Hall–Kier alpha value is -1.57. The number of rotatable bonds is 2. The first-order valence-electron chi connectivity index (χ1n) is 5.56. The Morgan fingerprint density at radius 1 is 1.42 bits per heavy atom. The lowest BCUT2D eigenvalue weighted by Crippen LogP contribution is -2.22. The Kier molecular flexibility index (Phi) is 4.08. The summed E-state index contributed by atoms with van der Waals surface area (Å²) in [6, 6.07) is 8.87. The van der Waals surface area contributed by atoms with Gasteiger partial charge in [0, 0.05) is 21.3 Å². The maximum Gasteiger partial charge on any atom is 0.253 e. The number of halogens is 2. The fraction of sp³-hybridized carbons (Fsp3) is 0.143. The van der Waals surface area contributed by atoms with Crippen LogP contribution in [0.15, 0.2) is 39.7 Å². The number of aryl methyl sites for hydroxylation is 1. The smallest absolute Gasteiger partial charge is 0.253 e. The molecule has 2 rings (SSSR count). The van der Waals surface area contributed by atoms with Gasteiger partial charge in [-0.25, -0.2) is 0 Å². The van der Waals surface area contributed by atoms with E-state index in [1.807, 2.05) is 6.07 Å². The molecule has 1 aromatic heterocycles. The fourth-order valence-electron chi connectivity index (χ4n) is 1.79. The molecule has 0 radical (unpaired) electrons. The van der Waals surface area contributed by atoms with Gasteiger partial charge >= 0.3 is 0 Å². The highest BCUT2D eigenvalue weighted by molar-refractivity contribution is 9.10. The van der Waals surface area contributed by atoms with Gasteiger partial charge in [0.1, 0.15) is 0 Å². The predicted molar refractivity (Wildman–Crippen MR) is 78.4 cm³/mol. The molecule has 0 saturated carbocycles. The normalized spacial score (nSPS) is 10.2. The van der Waals surface area contributed by atoms with Crippen molar-refractivity contribution >= 4 is 27.5 Å². The van der Waals surface area contributed by atoms with Gasteiger partial charge in [-0.2, -0.15) is 5.26 Å². The lowest BCUT2D eigenvalue weighted by molar-refractivity contribution is 0.749. The van der Waals surface area contributed by atoms with Crippen LogP contribution in [0.3, 0.4) is 0 Å². The number of nitrogens with zero attached hydrogens (tertiary/aromatic N) is 2. The molecule has 96 valence electrons. The zero-order chi connectivity index (χ0) is 14.0. The summed E-state index contributed by atoms with van der Waals surface area (Å²) in [4.78, 5) is 12.0. The van der Waals surface area contributed by atoms with Crippen molar-refractivity contribution in [3.63, 3.8) is 0 Å². The molecule has 19 heavy (non-hydrogen) atoms. The number of benzene rings is 1. The summed E-state index contributed by atoms with van der Waals surface area (Å²) in [5, 5.41) is 9.28. The molecule has 3 nitrogen and oxygen atoms in total. The van der Waals surface area contributed by atoms with Crippen LogP contribution in [0.25, 0.3) is 0 Å². The van der Waals surface area contributed by atoms with Crippen molar-refractivity contribution in [2.45, 2.75) is 13.5 Å². The number of hydrogen-bond acceptors (Lipinski definition) is 2. The molecule has 0 aliphatic heterocycles. The second kappa shape index (κ2) is 5.60. The summed E-state index contributed by atoms with van der Waals surface area (Å²) in [7, 11) is 0. The van der Waals surface area contributed by atoms with E-state index in [2.05, 4.69) is 15.9 Å². The third kappa shape index (κ3) is 3.06. The van der Waals surface area contributed by atoms with E-state index in [4.69, 9.17) is 16.9 Å². The highest BCUT2D eigenvalue weighted by Crippen LogP contribution is 2.19. The van der Waals surface area contributed by atoms with Gasteiger partial charge in [0.15, 0.2) is 0 Å². The minimum Gasteiger partial charge on any atom is -0.310 e. The van der Waals surface area contributed by atoms with Gasteiger partial charge in [0.2, 0.25) is 0 Å². The molecule has 5 heteroatoms. The number of aromatic nitrogens is 1. The Labute approximate surface area is 124 Å². The van der Waals surface area contributed by atoms with Gasteiger partial charge in [-0.1, -0.05) is 17.7 Å². The van der Waals surface area contributed by atoms with Gasteiger partial charge in [0.25, 0.3) is 5.56 Å². The van der Waals surface area contributed by atoms with E-state index in [-0.39, 0.29) is 5.56 Å². The maximum absolute atomic E-state index is 12.0. The fourth-order valence-corrected chi connectivity index (χ4v) is 2.62. The molecule has 0 saturated heterocycles. The second-order valence-electron chi connectivity index (χ2n) is 4.19. The Morgan fingerprint density at radius 2 is 2.16 bits per heavy atom. The van der Waals surface area contributed by atoms with Crippen molar-refractivity contribution < 1.29 is 0 Å². The average Bonchev–Trinajstić information content (AvgIpc) is 2.37. The standard InChI is InChI=1S/C14H10BrClN2O/c1-9-4-12(15)8-18(14(9)19)7-11-3-2-10(6-17)5-13(11)16/h2-5,8H,7H2,1H3. The van der Waals surface area contributed by atoms with E-state index < -0.39 is 0 Å². The molecule has 0 atom stereocenters. The molecule has 0 N–H and O–H groups in total. The van der Waals surface area contributed by atoms with Crippen molar-refractivity contribution in [3.05, 3.63) is 67.0 Å². The third-order valence-corrected chi connectivity index (χ3v) is 3.54. The first-order chi connectivity index (χ1) is 9.01. The second-order valence-corrected chi connectivity index (χ2v) is 5.52. The molecular formula is C14H10BrClN2O. The summed E-state index contributed by atoms with van der Waals surface area (Å²) in [6.07, 6.45) is 1.73. The quantitative estimate of drug-likeness (QED) is 0.842. The van der Waals surface area contributed by atoms with Crippen LogP contribution in [0.4, 0.5) is 0 Å². The lowest BCUT2D eigenvalue weighted by atomic mass is 10.1. The summed E-state index contributed by atoms with van der Waals surface area (Å²) in [6.45, 7) is 2.15. The van der Waals surface area contributed by atoms with Crippen molar-refractivity contribution in [3.8, 4) is 6.07 Å². The lowest BCUT2D eigenvalue weighted by Gasteiger charge is -2.09. The van der Waals surface area contributed by atoms with Crippen molar-refractivity contribution in [2.24, 2.45) is 0 Å². The average molecular weight is 338 g/mol. The molecule has 0 spiro atoms. The number of pyridine rings is 1. The highest BCUT2D eigenvalue weighted by atomic mass is 79.9. The van der Waals surface area contributed by atoms with Crippen LogP contribution in [0.5, 0.6) is 0 Å². The van der Waals surface area contributed by atoms with Crippen LogP contribution in [0.2, 0.25) is 5.02 Å². The molecule has 0 bridgehead atoms. The van der Waals surface area contributed by atoms with Crippen LogP contribution in [-0.2, 0) is 6.54 Å². The molecule has 0 aliphatic rings. The van der Waals surface area contributed by atoms with E-state index >= 15 is 0 Å². The van der Waals surface area contributed by atoms with Crippen molar-refractivity contribution in [2.75, 3.05) is 0 Å². The number of hydrogen-bond donors (Lipinski definition) is 0. The SMILES string of the molecule is Cc1cc(Br)cn(Cc2ccc(C#N)cc2Cl)c1=O. The first-order valence-corrected chi connectivity index (χ1v) is 6.73. The van der Waals surface area contributed by atoms with E-state index in [0.29, 0.717) is 22.7 Å². The Balaban J connectivity index is 2.42. The molecule has 2 aromatic rings. The van der Waals surface area contributed by atoms with E-state index in [1.165, 1.54) is 0 Å². The summed E-state index contributed by atoms with van der Waals surface area (Å²) < 4.78 is 2.43. The number of nitriles is 1. The summed E-state index contributed by atoms with van der Waals surface area (Å²) in [5.74, 6) is 0. The van der Waals surface area contributed by atoms with Crippen molar-refractivity contribution in [1.29, 1.82) is 5.26 Å². The monoisotopic (exact) mass is 336 g/mol. The van der Waals surface area contributed by atoms with Gasteiger partial charge in [-0.15, -0.1) is 0 Å². The Morgan fingerprint density at radius 3 is 2.79 bits per heavy atom. The molecule has 1 heterocycles. The maximum atomic E-state index is 12.0. The van der Waals surface area contributed by atoms with Gasteiger partial charge in [-0.3, -0.25) is 4.79 Å². The Bertz CT molecular complexity index is 731. The van der Waals surface area contributed by atoms with Crippen LogP contribution in [0.1, 0.15) is 16.7 Å².